The first-order valence-corrected chi connectivity index (χ1v) is 9.65. The lowest BCUT2D eigenvalue weighted by atomic mass is 9.89. The maximum Gasteiger partial charge on any atom is 0.147 e. The van der Waals surface area contributed by atoms with E-state index in [1.165, 1.54) is 37.3 Å². The third-order valence-electron chi connectivity index (χ3n) is 5.06. The van der Waals surface area contributed by atoms with Crippen LogP contribution in [0.25, 0.3) is 0 Å². The van der Waals surface area contributed by atoms with E-state index in [1.807, 2.05) is 4.90 Å². The molecule has 0 bridgehead atoms. The first-order chi connectivity index (χ1) is 13.5. The van der Waals surface area contributed by atoms with Crippen molar-refractivity contribution in [2.45, 2.75) is 31.5 Å². The highest BCUT2D eigenvalue weighted by Crippen LogP contribution is 2.30. The van der Waals surface area contributed by atoms with Crippen LogP contribution in [0.5, 0.6) is 5.75 Å². The molecule has 1 unspecified atom stereocenters. The van der Waals surface area contributed by atoms with Gasteiger partial charge in [0, 0.05) is 44.0 Å². The normalized spacial score (nSPS) is 21.6. The highest BCUT2D eigenvalue weighted by atomic mass is 19.1. The van der Waals surface area contributed by atoms with Gasteiger partial charge in [-0.2, -0.15) is 0 Å². The SMILES string of the molecule is CC(F)/C=C(\C=C(/CF)Oc1cccc(F)c1)N1CCC2(CC1)CNCCO2. The van der Waals surface area contributed by atoms with Crippen molar-refractivity contribution < 1.29 is 22.6 Å². The predicted octanol–water partition coefficient (Wildman–Crippen LogP) is 3.75. The Morgan fingerprint density at radius 1 is 1.39 bits per heavy atom. The maximum atomic E-state index is 13.7. The first-order valence-electron chi connectivity index (χ1n) is 9.65. The number of hydrogen-bond donors (Lipinski definition) is 1. The summed E-state index contributed by atoms with van der Waals surface area (Å²) in [6.45, 7) is 4.27. The van der Waals surface area contributed by atoms with Crippen molar-refractivity contribution in [1.82, 2.24) is 10.2 Å². The van der Waals surface area contributed by atoms with Gasteiger partial charge in [0.1, 0.15) is 30.2 Å². The molecule has 7 heteroatoms. The van der Waals surface area contributed by atoms with E-state index in [0.29, 0.717) is 25.4 Å². The molecule has 3 rings (SSSR count). The molecule has 4 nitrogen and oxygen atoms in total. The summed E-state index contributed by atoms with van der Waals surface area (Å²) in [7, 11) is 0. The third-order valence-corrected chi connectivity index (χ3v) is 5.06. The zero-order valence-electron chi connectivity index (χ0n) is 16.1. The van der Waals surface area contributed by atoms with Gasteiger partial charge in [0.15, 0.2) is 0 Å². The summed E-state index contributed by atoms with van der Waals surface area (Å²) in [5.41, 5.74) is 0.393. The minimum Gasteiger partial charge on any atom is -0.459 e. The fourth-order valence-corrected chi connectivity index (χ4v) is 3.62. The Morgan fingerprint density at radius 2 is 2.18 bits per heavy atom. The number of nitrogens with one attached hydrogen (secondary N) is 1. The smallest absolute Gasteiger partial charge is 0.147 e. The number of piperidine rings is 1. The van der Waals surface area contributed by atoms with Crippen LogP contribution >= 0.6 is 0 Å². The molecule has 2 heterocycles. The summed E-state index contributed by atoms with van der Waals surface area (Å²) < 4.78 is 52.1. The van der Waals surface area contributed by atoms with E-state index in [9.17, 15) is 13.2 Å². The fourth-order valence-electron chi connectivity index (χ4n) is 3.62. The van der Waals surface area contributed by atoms with Gasteiger partial charge in [0.25, 0.3) is 0 Å². The number of nitrogens with zero attached hydrogens (tertiary/aromatic N) is 1. The van der Waals surface area contributed by atoms with Gasteiger partial charge in [-0.1, -0.05) is 6.07 Å². The van der Waals surface area contributed by atoms with E-state index in [1.54, 1.807) is 6.07 Å². The molecule has 0 aliphatic carbocycles. The summed E-state index contributed by atoms with van der Waals surface area (Å²) >= 11 is 0. The molecule has 154 valence electrons. The van der Waals surface area contributed by atoms with Crippen LogP contribution in [0.4, 0.5) is 13.2 Å². The Morgan fingerprint density at radius 3 is 2.79 bits per heavy atom. The van der Waals surface area contributed by atoms with Crippen molar-refractivity contribution in [2.75, 3.05) is 39.5 Å². The molecule has 1 spiro atoms. The zero-order valence-corrected chi connectivity index (χ0v) is 16.1. The van der Waals surface area contributed by atoms with Crippen LogP contribution in [0.3, 0.4) is 0 Å². The predicted molar refractivity (Wildman–Crippen MR) is 102 cm³/mol. The molecule has 2 fully saturated rings. The summed E-state index contributed by atoms with van der Waals surface area (Å²) in [6.07, 6.45) is 3.37. The van der Waals surface area contributed by atoms with Crippen LogP contribution in [0.2, 0.25) is 0 Å². The van der Waals surface area contributed by atoms with Gasteiger partial charge in [-0.25, -0.2) is 13.2 Å². The Labute approximate surface area is 164 Å². The lowest BCUT2D eigenvalue weighted by molar-refractivity contribution is -0.0957. The van der Waals surface area contributed by atoms with Gasteiger partial charge < -0.3 is 19.7 Å². The second-order valence-corrected chi connectivity index (χ2v) is 7.27. The number of ether oxygens (including phenoxy) is 2. The molecule has 2 saturated heterocycles. The van der Waals surface area contributed by atoms with E-state index >= 15 is 0 Å². The van der Waals surface area contributed by atoms with Crippen LogP contribution in [-0.2, 0) is 4.74 Å². The number of halogens is 3. The van der Waals surface area contributed by atoms with Crippen molar-refractivity contribution in [3.63, 3.8) is 0 Å². The number of hydrogen-bond acceptors (Lipinski definition) is 4. The van der Waals surface area contributed by atoms with Crippen molar-refractivity contribution in [3.05, 3.63) is 53.7 Å². The Hall–Kier alpha value is -1.99. The summed E-state index contributed by atoms with van der Waals surface area (Å²) in [5, 5.41) is 3.36. The van der Waals surface area contributed by atoms with E-state index < -0.39 is 18.7 Å². The highest BCUT2D eigenvalue weighted by Gasteiger charge is 2.37. The van der Waals surface area contributed by atoms with Gasteiger partial charge in [-0.3, -0.25) is 0 Å². The van der Waals surface area contributed by atoms with Crippen LogP contribution < -0.4 is 10.1 Å². The van der Waals surface area contributed by atoms with Gasteiger partial charge >= 0.3 is 0 Å². The molecule has 0 amide bonds. The van der Waals surface area contributed by atoms with Crippen LogP contribution in [0.1, 0.15) is 19.8 Å². The summed E-state index contributed by atoms with van der Waals surface area (Å²) in [5.74, 6) is -0.254. The second kappa shape index (κ2) is 9.47. The molecule has 0 saturated carbocycles. The second-order valence-electron chi connectivity index (χ2n) is 7.27. The van der Waals surface area contributed by atoms with Gasteiger partial charge in [-0.15, -0.1) is 0 Å². The highest BCUT2D eigenvalue weighted by molar-refractivity contribution is 5.28. The third kappa shape index (κ3) is 5.52. The number of rotatable bonds is 6. The van der Waals surface area contributed by atoms with E-state index in [-0.39, 0.29) is 17.1 Å². The van der Waals surface area contributed by atoms with E-state index in [0.717, 1.165) is 25.9 Å². The molecule has 0 aromatic heterocycles. The molecule has 1 atom stereocenters. The zero-order chi connectivity index (χ0) is 20.0. The van der Waals surface area contributed by atoms with Crippen molar-refractivity contribution >= 4 is 0 Å². The molecule has 28 heavy (non-hydrogen) atoms. The quantitative estimate of drug-likeness (QED) is 0.587. The van der Waals surface area contributed by atoms with Gasteiger partial charge in [0.05, 0.1) is 12.2 Å². The van der Waals surface area contributed by atoms with Crippen LogP contribution in [-0.4, -0.2) is 56.1 Å². The number of alkyl halides is 2. The molecular formula is C21H27F3N2O2. The Bertz CT molecular complexity index is 705. The molecule has 2 aliphatic heterocycles. The maximum absolute atomic E-state index is 13.7. The Kier molecular flexibility index (Phi) is 7.02. The minimum absolute atomic E-state index is 0.00775. The average molecular weight is 396 g/mol. The molecule has 0 radical (unpaired) electrons. The molecule has 1 aromatic carbocycles. The van der Waals surface area contributed by atoms with Gasteiger partial charge in [0.2, 0.25) is 0 Å². The van der Waals surface area contributed by atoms with E-state index in [4.69, 9.17) is 9.47 Å². The molecule has 1 aromatic rings. The van der Waals surface area contributed by atoms with Crippen molar-refractivity contribution in [3.8, 4) is 5.75 Å². The molecule has 1 N–H and O–H groups in total. The fraction of sp³-hybridized carbons (Fsp3) is 0.524. The summed E-state index contributed by atoms with van der Waals surface area (Å²) in [6, 6.07) is 5.51. The van der Waals surface area contributed by atoms with Crippen LogP contribution in [0.15, 0.2) is 47.9 Å². The Balaban J connectivity index is 1.73. The van der Waals surface area contributed by atoms with Crippen molar-refractivity contribution in [1.29, 1.82) is 0 Å². The standard InChI is InChI=1S/C21H27F3N2O2/c1-16(23)11-18(13-20(14-22)28-19-4-2-3-17(24)12-19)26-8-5-21(6-9-26)15-25-7-10-27-21/h2-4,11-13,16,25H,5-10,14-15H2,1H3/b18-11+,20-13+. The number of likely N-dealkylation sites (tertiary alicyclic amines) is 1. The number of allylic oxidation sites excluding steroid dienone is 3. The topological polar surface area (TPSA) is 33.7 Å². The lowest BCUT2D eigenvalue weighted by Crippen LogP contribution is -2.55. The van der Waals surface area contributed by atoms with Gasteiger partial charge in [-0.05, 0) is 38.0 Å². The average Bonchev–Trinajstić information content (AvgIpc) is 2.68. The number of benzene rings is 1. The number of morpholine rings is 1. The summed E-state index contributed by atoms with van der Waals surface area (Å²) in [4.78, 5) is 2.02. The van der Waals surface area contributed by atoms with Crippen molar-refractivity contribution in [2.24, 2.45) is 0 Å². The van der Waals surface area contributed by atoms with E-state index in [2.05, 4.69) is 5.32 Å². The first kappa shape index (κ1) is 20.7. The minimum atomic E-state index is -1.19. The molecule has 2 aliphatic rings. The van der Waals surface area contributed by atoms with Crippen LogP contribution in [0, 0.1) is 5.82 Å². The monoisotopic (exact) mass is 396 g/mol. The lowest BCUT2D eigenvalue weighted by Gasteiger charge is -2.45. The largest absolute Gasteiger partial charge is 0.459 e. The molecular weight excluding hydrogens is 369 g/mol.